The second-order valence-corrected chi connectivity index (χ2v) is 5.29. The number of rotatable bonds is 4. The zero-order valence-corrected chi connectivity index (χ0v) is 13.4. The summed E-state index contributed by atoms with van der Waals surface area (Å²) in [6, 6.07) is 15.1. The number of esters is 1. The molecule has 3 rings (SSSR count). The van der Waals surface area contributed by atoms with Gasteiger partial charge in [-0.05, 0) is 30.7 Å². The number of aromatic nitrogens is 2. The second-order valence-electron chi connectivity index (χ2n) is 5.29. The fraction of sp³-hybridized carbons (Fsp3) is 0.105. The van der Waals surface area contributed by atoms with Gasteiger partial charge < -0.3 is 9.26 Å². The average molecular weight is 320 g/mol. The molecule has 1 aromatic heterocycles. The molecule has 0 fully saturated rings. The Balaban J connectivity index is 1.83. The van der Waals surface area contributed by atoms with Crippen LogP contribution in [0.15, 0.2) is 53.1 Å². The van der Waals surface area contributed by atoms with Crippen molar-refractivity contribution >= 4 is 18.1 Å². The van der Waals surface area contributed by atoms with Crippen molar-refractivity contribution in [2.45, 2.75) is 13.8 Å². The molecule has 2 aromatic carbocycles. The van der Waals surface area contributed by atoms with Crippen LogP contribution in [0.2, 0.25) is 0 Å². The van der Waals surface area contributed by atoms with E-state index in [1.165, 1.54) is 12.5 Å². The van der Waals surface area contributed by atoms with E-state index in [4.69, 9.17) is 9.26 Å². The molecule has 0 radical (unpaired) electrons. The molecule has 0 aliphatic carbocycles. The number of benzene rings is 2. The molecule has 0 bridgehead atoms. The van der Waals surface area contributed by atoms with E-state index in [1.54, 1.807) is 24.3 Å². The molecule has 0 atom stereocenters. The lowest BCUT2D eigenvalue weighted by molar-refractivity contribution is -0.131. The van der Waals surface area contributed by atoms with Crippen molar-refractivity contribution in [2.24, 2.45) is 0 Å². The third-order valence-electron chi connectivity index (χ3n) is 3.32. The van der Waals surface area contributed by atoms with Crippen molar-refractivity contribution in [3.8, 4) is 17.2 Å². The van der Waals surface area contributed by atoms with Crippen LogP contribution in [0.4, 0.5) is 0 Å². The molecular weight excluding hydrogens is 304 g/mol. The third kappa shape index (κ3) is 3.76. The van der Waals surface area contributed by atoms with Crippen molar-refractivity contribution < 1.29 is 14.1 Å². The average Bonchev–Trinajstić information content (AvgIpc) is 3.03. The summed E-state index contributed by atoms with van der Waals surface area (Å²) in [7, 11) is 0. The van der Waals surface area contributed by atoms with Crippen LogP contribution in [0.5, 0.6) is 5.75 Å². The highest BCUT2D eigenvalue weighted by atomic mass is 16.5. The van der Waals surface area contributed by atoms with Crippen LogP contribution in [0, 0.1) is 6.92 Å². The summed E-state index contributed by atoms with van der Waals surface area (Å²) in [6.07, 6.45) is 3.68. The van der Waals surface area contributed by atoms with Crippen LogP contribution in [0.1, 0.15) is 23.9 Å². The van der Waals surface area contributed by atoms with E-state index in [9.17, 15) is 4.79 Å². The highest BCUT2D eigenvalue weighted by Gasteiger charge is 2.13. The van der Waals surface area contributed by atoms with E-state index < -0.39 is 5.97 Å². The third-order valence-corrected chi connectivity index (χ3v) is 3.32. The zero-order chi connectivity index (χ0) is 16.9. The number of carbonyl (C=O) groups excluding carboxylic acids is 1. The lowest BCUT2D eigenvalue weighted by Crippen LogP contribution is -2.02. The van der Waals surface area contributed by atoms with E-state index in [1.807, 2.05) is 43.3 Å². The first-order valence-electron chi connectivity index (χ1n) is 7.48. The molecule has 1 heterocycles. The van der Waals surface area contributed by atoms with Crippen LogP contribution in [-0.4, -0.2) is 16.1 Å². The van der Waals surface area contributed by atoms with Gasteiger partial charge in [0.1, 0.15) is 5.75 Å². The first kappa shape index (κ1) is 15.7. The van der Waals surface area contributed by atoms with Crippen molar-refractivity contribution in [2.75, 3.05) is 0 Å². The van der Waals surface area contributed by atoms with Crippen LogP contribution in [0.3, 0.4) is 0 Å². The minimum atomic E-state index is -0.401. The van der Waals surface area contributed by atoms with E-state index in [0.717, 1.165) is 5.56 Å². The fourth-order valence-corrected chi connectivity index (χ4v) is 2.15. The lowest BCUT2D eigenvalue weighted by Gasteiger charge is -2.04. The smallest absolute Gasteiger partial charge is 0.308 e. The van der Waals surface area contributed by atoms with Gasteiger partial charge in [0.2, 0.25) is 0 Å². The normalized spacial score (nSPS) is 10.9. The predicted molar refractivity (Wildman–Crippen MR) is 91.2 cm³/mol. The van der Waals surface area contributed by atoms with Crippen molar-refractivity contribution in [1.82, 2.24) is 10.1 Å². The summed E-state index contributed by atoms with van der Waals surface area (Å²) in [5.74, 6) is 0.739. The van der Waals surface area contributed by atoms with Crippen molar-refractivity contribution in [1.29, 1.82) is 0 Å². The number of carbonyl (C=O) groups is 1. The molecule has 5 nitrogen and oxygen atoms in total. The maximum Gasteiger partial charge on any atom is 0.308 e. The molecule has 0 unspecified atom stereocenters. The largest absolute Gasteiger partial charge is 0.426 e. The maximum atomic E-state index is 11.2. The number of hydrogen-bond acceptors (Lipinski definition) is 5. The Hall–Kier alpha value is -3.21. The van der Waals surface area contributed by atoms with Gasteiger partial charge in [-0.25, -0.2) is 0 Å². The molecule has 0 spiro atoms. The number of para-hydroxylation sites is 1. The Morgan fingerprint density at radius 3 is 2.58 bits per heavy atom. The number of ether oxygens (including phenoxy) is 1. The van der Waals surface area contributed by atoms with Crippen LogP contribution in [-0.2, 0) is 4.79 Å². The summed E-state index contributed by atoms with van der Waals surface area (Å²) in [4.78, 5) is 15.5. The summed E-state index contributed by atoms with van der Waals surface area (Å²) in [5.41, 5.74) is 2.83. The van der Waals surface area contributed by atoms with Crippen LogP contribution < -0.4 is 4.74 Å². The van der Waals surface area contributed by atoms with Crippen molar-refractivity contribution in [3.05, 3.63) is 65.5 Å². The minimum absolute atomic E-state index is 0.301. The SMILES string of the molecule is CC(=O)Oc1ccccc1-c1nc(/C=C/c2ccc(C)cc2)no1. The molecule has 0 aliphatic heterocycles. The van der Waals surface area contributed by atoms with Gasteiger partial charge in [-0.2, -0.15) is 4.98 Å². The number of nitrogens with zero attached hydrogens (tertiary/aromatic N) is 2. The predicted octanol–water partition coefficient (Wildman–Crippen LogP) is 4.14. The van der Waals surface area contributed by atoms with Gasteiger partial charge in [-0.15, -0.1) is 0 Å². The fourth-order valence-electron chi connectivity index (χ4n) is 2.15. The second kappa shape index (κ2) is 6.91. The standard InChI is InChI=1S/C19H16N2O3/c1-13-7-9-15(10-8-13)11-12-18-20-19(24-21-18)16-5-3-4-6-17(16)23-14(2)22/h3-12H,1-2H3/b12-11+. The number of hydrogen-bond donors (Lipinski definition) is 0. The van der Waals surface area contributed by atoms with Gasteiger partial charge in [0.25, 0.3) is 5.89 Å². The lowest BCUT2D eigenvalue weighted by atomic mass is 10.1. The Morgan fingerprint density at radius 1 is 1.08 bits per heavy atom. The Labute approximate surface area is 139 Å². The van der Waals surface area contributed by atoms with Gasteiger partial charge in [0, 0.05) is 6.92 Å². The molecule has 0 saturated carbocycles. The molecule has 0 N–H and O–H groups in total. The summed E-state index contributed by atoms with van der Waals surface area (Å²) >= 11 is 0. The molecule has 5 heteroatoms. The van der Waals surface area contributed by atoms with Gasteiger partial charge in [0.05, 0.1) is 5.56 Å². The number of aryl methyl sites for hydroxylation is 1. The van der Waals surface area contributed by atoms with E-state index in [0.29, 0.717) is 23.0 Å². The van der Waals surface area contributed by atoms with Crippen LogP contribution >= 0.6 is 0 Å². The van der Waals surface area contributed by atoms with Crippen LogP contribution in [0.25, 0.3) is 23.6 Å². The Kier molecular flexibility index (Phi) is 4.52. The van der Waals surface area contributed by atoms with Gasteiger partial charge >= 0.3 is 5.97 Å². The molecule has 24 heavy (non-hydrogen) atoms. The summed E-state index contributed by atoms with van der Waals surface area (Å²) in [5, 5.41) is 3.93. The van der Waals surface area contributed by atoms with Crippen molar-refractivity contribution in [3.63, 3.8) is 0 Å². The highest BCUT2D eigenvalue weighted by molar-refractivity contribution is 5.74. The topological polar surface area (TPSA) is 65.2 Å². The first-order chi connectivity index (χ1) is 11.6. The highest BCUT2D eigenvalue weighted by Crippen LogP contribution is 2.28. The Bertz CT molecular complexity index is 880. The van der Waals surface area contributed by atoms with E-state index in [-0.39, 0.29) is 0 Å². The van der Waals surface area contributed by atoms with Gasteiger partial charge in [-0.3, -0.25) is 4.79 Å². The summed E-state index contributed by atoms with van der Waals surface area (Å²) < 4.78 is 10.4. The first-order valence-corrected chi connectivity index (χ1v) is 7.48. The molecule has 0 saturated heterocycles. The minimum Gasteiger partial charge on any atom is -0.426 e. The molecular formula is C19H16N2O3. The molecule has 120 valence electrons. The maximum absolute atomic E-state index is 11.2. The molecule has 3 aromatic rings. The quantitative estimate of drug-likeness (QED) is 0.534. The summed E-state index contributed by atoms with van der Waals surface area (Å²) in [6.45, 7) is 3.39. The monoisotopic (exact) mass is 320 g/mol. The zero-order valence-electron chi connectivity index (χ0n) is 13.4. The molecule has 0 aliphatic rings. The van der Waals surface area contributed by atoms with E-state index in [2.05, 4.69) is 10.1 Å². The molecule has 0 amide bonds. The van der Waals surface area contributed by atoms with Gasteiger partial charge in [-0.1, -0.05) is 53.2 Å². The Morgan fingerprint density at radius 2 is 1.83 bits per heavy atom. The van der Waals surface area contributed by atoms with E-state index >= 15 is 0 Å². The van der Waals surface area contributed by atoms with Gasteiger partial charge in [0.15, 0.2) is 5.82 Å².